The molecule has 0 amide bonds. The molecule has 0 radical (unpaired) electrons. The highest BCUT2D eigenvalue weighted by atomic mass is 79.9. The summed E-state index contributed by atoms with van der Waals surface area (Å²) in [6, 6.07) is 7.94. The molecule has 0 saturated heterocycles. The predicted octanol–water partition coefficient (Wildman–Crippen LogP) is 3.32. The summed E-state index contributed by atoms with van der Waals surface area (Å²) in [5, 5.41) is 0. The van der Waals surface area contributed by atoms with Crippen LogP contribution >= 0.6 is 15.9 Å². The van der Waals surface area contributed by atoms with E-state index in [-0.39, 0.29) is 12.4 Å². The van der Waals surface area contributed by atoms with Crippen molar-refractivity contribution in [3.05, 3.63) is 46.3 Å². The predicted molar refractivity (Wildman–Crippen MR) is 80.2 cm³/mol. The summed E-state index contributed by atoms with van der Waals surface area (Å²) in [4.78, 5) is 19.9. The van der Waals surface area contributed by atoms with Crippen molar-refractivity contribution in [1.82, 2.24) is 9.97 Å². The number of nitrogens with zero attached hydrogens (tertiary/aromatic N) is 2. The van der Waals surface area contributed by atoms with Crippen LogP contribution in [0.4, 0.5) is 0 Å². The second kappa shape index (κ2) is 6.61. The van der Waals surface area contributed by atoms with E-state index in [9.17, 15) is 4.79 Å². The van der Waals surface area contributed by atoms with Crippen LogP contribution in [-0.2, 0) is 16.0 Å². The van der Waals surface area contributed by atoms with E-state index in [0.717, 1.165) is 21.3 Å². The van der Waals surface area contributed by atoms with Gasteiger partial charge >= 0.3 is 5.97 Å². The van der Waals surface area contributed by atoms with Crippen molar-refractivity contribution in [2.24, 2.45) is 0 Å². The zero-order chi connectivity index (χ0) is 14.5. The number of aryl methyl sites for hydroxylation is 2. The highest BCUT2D eigenvalue weighted by Crippen LogP contribution is 2.25. The molecule has 0 bridgehead atoms. The Morgan fingerprint density at radius 3 is 2.90 bits per heavy atom. The summed E-state index contributed by atoms with van der Waals surface area (Å²) >= 11 is 3.47. The summed E-state index contributed by atoms with van der Waals surface area (Å²) < 4.78 is 5.63. The Balaban J connectivity index is 2.25. The normalized spacial score (nSPS) is 10.3. The maximum Gasteiger partial charge on any atom is 0.305 e. The molecular weight excluding hydrogens is 320 g/mol. The smallest absolute Gasteiger partial charge is 0.305 e. The van der Waals surface area contributed by atoms with Crippen LogP contribution in [0.5, 0.6) is 0 Å². The molecule has 0 fully saturated rings. The summed E-state index contributed by atoms with van der Waals surface area (Å²) in [5.41, 5.74) is 3.06. The molecule has 2 rings (SSSR count). The summed E-state index contributed by atoms with van der Waals surface area (Å²) in [6.07, 6.45) is 2.49. The number of halogens is 1. The first-order valence-electron chi connectivity index (χ1n) is 6.25. The van der Waals surface area contributed by atoms with E-state index in [1.807, 2.05) is 31.2 Å². The molecule has 20 heavy (non-hydrogen) atoms. The van der Waals surface area contributed by atoms with Crippen molar-refractivity contribution < 1.29 is 9.53 Å². The number of hydrogen-bond acceptors (Lipinski definition) is 4. The Bertz CT molecular complexity index is 629. The fraction of sp³-hybridized carbons (Fsp3) is 0.267. The van der Waals surface area contributed by atoms with Gasteiger partial charge in [-0.25, -0.2) is 9.97 Å². The quantitative estimate of drug-likeness (QED) is 0.805. The topological polar surface area (TPSA) is 52.1 Å². The molecule has 0 aliphatic heterocycles. The van der Waals surface area contributed by atoms with E-state index in [0.29, 0.717) is 12.2 Å². The molecule has 5 heteroatoms. The standard InChI is InChI=1S/C15H15BrN2O2/c1-10-3-4-11(16)9-12(10)13-7-8-17-14(18-13)5-6-15(19)20-2/h3-4,7-9H,5-6H2,1-2H3. The minimum atomic E-state index is -0.252. The third-order valence-corrected chi connectivity index (χ3v) is 3.45. The van der Waals surface area contributed by atoms with Gasteiger partial charge in [-0.15, -0.1) is 0 Å². The first-order valence-corrected chi connectivity index (χ1v) is 7.04. The molecule has 0 saturated carbocycles. The number of methoxy groups -OCH3 is 1. The molecule has 104 valence electrons. The lowest BCUT2D eigenvalue weighted by atomic mass is 10.1. The second-order valence-corrected chi connectivity index (χ2v) is 5.31. The Morgan fingerprint density at radius 1 is 1.35 bits per heavy atom. The lowest BCUT2D eigenvalue weighted by Crippen LogP contribution is -2.05. The van der Waals surface area contributed by atoms with Gasteiger partial charge in [-0.2, -0.15) is 0 Å². The zero-order valence-electron chi connectivity index (χ0n) is 11.4. The summed E-state index contributed by atoms with van der Waals surface area (Å²) in [6.45, 7) is 2.04. The van der Waals surface area contributed by atoms with Gasteiger partial charge in [0.1, 0.15) is 5.82 Å². The molecule has 2 aromatic rings. The molecule has 1 aromatic heterocycles. The highest BCUT2D eigenvalue weighted by molar-refractivity contribution is 9.10. The Morgan fingerprint density at radius 2 is 2.15 bits per heavy atom. The van der Waals surface area contributed by atoms with Gasteiger partial charge in [0.2, 0.25) is 0 Å². The lowest BCUT2D eigenvalue weighted by Gasteiger charge is -2.07. The van der Waals surface area contributed by atoms with E-state index >= 15 is 0 Å². The molecule has 1 aromatic carbocycles. The number of esters is 1. The van der Waals surface area contributed by atoms with Crippen molar-refractivity contribution in [3.8, 4) is 11.3 Å². The average molecular weight is 335 g/mol. The van der Waals surface area contributed by atoms with Crippen LogP contribution in [0.15, 0.2) is 34.9 Å². The Hall–Kier alpha value is -1.75. The average Bonchev–Trinajstić information content (AvgIpc) is 2.47. The van der Waals surface area contributed by atoms with Crippen molar-refractivity contribution in [3.63, 3.8) is 0 Å². The number of carbonyl (C=O) groups is 1. The van der Waals surface area contributed by atoms with Crippen molar-refractivity contribution in [1.29, 1.82) is 0 Å². The van der Waals surface area contributed by atoms with E-state index in [1.165, 1.54) is 7.11 Å². The van der Waals surface area contributed by atoms with Crippen LogP contribution in [0, 0.1) is 6.92 Å². The first kappa shape index (κ1) is 14.7. The van der Waals surface area contributed by atoms with Gasteiger partial charge in [0.05, 0.1) is 19.2 Å². The molecule has 1 heterocycles. The van der Waals surface area contributed by atoms with Gasteiger partial charge in [0.25, 0.3) is 0 Å². The highest BCUT2D eigenvalue weighted by Gasteiger charge is 2.08. The SMILES string of the molecule is COC(=O)CCc1nccc(-c2cc(Br)ccc2C)n1. The van der Waals surface area contributed by atoms with Gasteiger partial charge in [0.15, 0.2) is 0 Å². The lowest BCUT2D eigenvalue weighted by molar-refractivity contribution is -0.140. The molecule has 4 nitrogen and oxygen atoms in total. The van der Waals surface area contributed by atoms with E-state index in [2.05, 4.69) is 30.6 Å². The third kappa shape index (κ3) is 3.63. The van der Waals surface area contributed by atoms with Crippen LogP contribution in [0.3, 0.4) is 0 Å². The monoisotopic (exact) mass is 334 g/mol. The maximum atomic E-state index is 11.2. The number of ether oxygens (including phenoxy) is 1. The van der Waals surface area contributed by atoms with Gasteiger partial charge < -0.3 is 4.74 Å². The van der Waals surface area contributed by atoms with Gasteiger partial charge in [-0.3, -0.25) is 4.79 Å². The number of benzene rings is 1. The zero-order valence-corrected chi connectivity index (χ0v) is 13.0. The minimum Gasteiger partial charge on any atom is -0.469 e. The maximum absolute atomic E-state index is 11.2. The fourth-order valence-electron chi connectivity index (χ4n) is 1.86. The Kier molecular flexibility index (Phi) is 4.84. The van der Waals surface area contributed by atoms with Crippen LogP contribution in [0.2, 0.25) is 0 Å². The summed E-state index contributed by atoms with van der Waals surface area (Å²) in [7, 11) is 1.38. The number of carbonyl (C=O) groups excluding carboxylic acids is 1. The molecule has 0 aliphatic carbocycles. The van der Waals surface area contributed by atoms with Crippen LogP contribution < -0.4 is 0 Å². The molecule has 0 spiro atoms. The first-order chi connectivity index (χ1) is 9.60. The van der Waals surface area contributed by atoms with E-state index < -0.39 is 0 Å². The van der Waals surface area contributed by atoms with Gasteiger partial charge in [-0.1, -0.05) is 22.0 Å². The molecule has 0 aliphatic rings. The molecule has 0 unspecified atom stereocenters. The van der Waals surface area contributed by atoms with E-state index in [1.54, 1.807) is 6.20 Å². The van der Waals surface area contributed by atoms with Gasteiger partial charge in [-0.05, 0) is 30.7 Å². The number of hydrogen-bond donors (Lipinski definition) is 0. The largest absolute Gasteiger partial charge is 0.469 e. The minimum absolute atomic E-state index is 0.252. The van der Waals surface area contributed by atoms with Crippen molar-refractivity contribution in [2.45, 2.75) is 19.8 Å². The fourth-order valence-corrected chi connectivity index (χ4v) is 2.22. The van der Waals surface area contributed by atoms with Gasteiger partial charge in [0, 0.05) is 22.7 Å². The Labute approximate surface area is 126 Å². The molecule has 0 N–H and O–H groups in total. The summed E-state index contributed by atoms with van der Waals surface area (Å²) in [5.74, 6) is 0.393. The third-order valence-electron chi connectivity index (χ3n) is 2.96. The van der Waals surface area contributed by atoms with Crippen molar-refractivity contribution >= 4 is 21.9 Å². The number of aromatic nitrogens is 2. The molecule has 0 atom stereocenters. The second-order valence-electron chi connectivity index (χ2n) is 4.39. The molecular formula is C15H15BrN2O2. The van der Waals surface area contributed by atoms with Crippen LogP contribution in [0.1, 0.15) is 17.8 Å². The van der Waals surface area contributed by atoms with E-state index in [4.69, 9.17) is 0 Å². The number of rotatable bonds is 4. The van der Waals surface area contributed by atoms with Crippen LogP contribution in [-0.4, -0.2) is 23.0 Å². The van der Waals surface area contributed by atoms with Crippen molar-refractivity contribution in [2.75, 3.05) is 7.11 Å². The van der Waals surface area contributed by atoms with Crippen LogP contribution in [0.25, 0.3) is 11.3 Å².